The topological polar surface area (TPSA) is 35.8 Å². The highest BCUT2D eigenvalue weighted by Crippen LogP contribution is 2.32. The number of hydrogen-bond donors (Lipinski definition) is 1. The predicted molar refractivity (Wildman–Crippen MR) is 70.6 cm³/mol. The third-order valence-corrected chi connectivity index (χ3v) is 4.72. The van der Waals surface area contributed by atoms with E-state index in [1.165, 1.54) is 32.1 Å². The molecule has 0 aromatic rings. The van der Waals surface area contributed by atoms with E-state index >= 15 is 0 Å². The molecule has 3 nitrogen and oxygen atoms in total. The Bertz CT molecular complexity index is 277. The van der Waals surface area contributed by atoms with Crippen LogP contribution in [0.3, 0.4) is 0 Å². The molecule has 1 aliphatic heterocycles. The molecule has 3 unspecified atom stereocenters. The Kier molecular flexibility index (Phi) is 4.43. The van der Waals surface area contributed by atoms with Crippen LogP contribution in [0.1, 0.15) is 52.4 Å². The minimum atomic E-state index is 0.424. The van der Waals surface area contributed by atoms with E-state index in [0.29, 0.717) is 5.92 Å². The lowest BCUT2D eigenvalue weighted by atomic mass is 9.80. The van der Waals surface area contributed by atoms with Gasteiger partial charge in [-0.15, -0.1) is 0 Å². The maximum Gasteiger partial charge on any atom is 0.0624 e. The summed E-state index contributed by atoms with van der Waals surface area (Å²) in [5.41, 5.74) is 0.991. The lowest BCUT2D eigenvalue weighted by Crippen LogP contribution is -2.49. The maximum absolute atomic E-state index is 8.93. The van der Waals surface area contributed by atoms with E-state index < -0.39 is 0 Å². The first-order chi connectivity index (χ1) is 8.26. The Morgan fingerprint density at radius 3 is 2.76 bits per heavy atom. The van der Waals surface area contributed by atoms with Crippen molar-refractivity contribution in [1.29, 1.82) is 0 Å². The summed E-state index contributed by atoms with van der Waals surface area (Å²) in [6.45, 7) is 6.69. The molecule has 98 valence electrons. The zero-order chi connectivity index (χ0) is 12.3. The van der Waals surface area contributed by atoms with Crippen LogP contribution >= 0.6 is 0 Å². The van der Waals surface area contributed by atoms with E-state index in [1.807, 2.05) is 0 Å². The van der Waals surface area contributed by atoms with Crippen molar-refractivity contribution in [2.24, 2.45) is 17.0 Å². The van der Waals surface area contributed by atoms with Crippen LogP contribution in [0.2, 0.25) is 0 Å². The van der Waals surface area contributed by atoms with E-state index in [2.05, 4.69) is 23.9 Å². The molecule has 1 saturated carbocycles. The molecule has 2 rings (SSSR count). The molecule has 17 heavy (non-hydrogen) atoms. The van der Waals surface area contributed by atoms with Crippen molar-refractivity contribution in [3.05, 3.63) is 0 Å². The highest BCUT2D eigenvalue weighted by Gasteiger charge is 2.32. The van der Waals surface area contributed by atoms with Crippen molar-refractivity contribution in [3.63, 3.8) is 0 Å². The molecule has 0 amide bonds. The number of likely N-dealkylation sites (tertiary alicyclic amines) is 1. The first kappa shape index (κ1) is 12.9. The van der Waals surface area contributed by atoms with E-state index in [1.54, 1.807) is 0 Å². The molecule has 2 fully saturated rings. The molecule has 1 saturated heterocycles. The van der Waals surface area contributed by atoms with Gasteiger partial charge in [0.1, 0.15) is 0 Å². The summed E-state index contributed by atoms with van der Waals surface area (Å²) in [5.74, 6) is 1.32. The quantitative estimate of drug-likeness (QED) is 0.592. The molecule has 0 radical (unpaired) electrons. The van der Waals surface area contributed by atoms with Gasteiger partial charge in [-0.3, -0.25) is 4.90 Å². The van der Waals surface area contributed by atoms with E-state index in [4.69, 9.17) is 5.21 Å². The average Bonchev–Trinajstić information content (AvgIpc) is 2.38. The van der Waals surface area contributed by atoms with Gasteiger partial charge < -0.3 is 5.21 Å². The summed E-state index contributed by atoms with van der Waals surface area (Å²) in [5, 5.41) is 12.4. The van der Waals surface area contributed by atoms with E-state index in [-0.39, 0.29) is 0 Å². The minimum Gasteiger partial charge on any atom is -0.411 e. The summed E-state index contributed by atoms with van der Waals surface area (Å²) >= 11 is 0. The molecule has 0 aromatic carbocycles. The number of hydrogen-bond acceptors (Lipinski definition) is 3. The molecule has 0 spiro atoms. The molecule has 3 heteroatoms. The van der Waals surface area contributed by atoms with Gasteiger partial charge in [-0.1, -0.05) is 38.3 Å². The summed E-state index contributed by atoms with van der Waals surface area (Å²) in [6, 6.07) is 0.788. The number of rotatable bonds is 2. The highest BCUT2D eigenvalue weighted by atomic mass is 16.4. The lowest BCUT2D eigenvalue weighted by Gasteiger charge is -2.43. The van der Waals surface area contributed by atoms with Gasteiger partial charge in [-0.25, -0.2) is 0 Å². The van der Waals surface area contributed by atoms with Crippen molar-refractivity contribution < 1.29 is 5.21 Å². The first-order valence-electron chi connectivity index (χ1n) is 7.21. The summed E-state index contributed by atoms with van der Waals surface area (Å²) in [7, 11) is 0. The Morgan fingerprint density at radius 2 is 2.12 bits per heavy atom. The number of piperidine rings is 1. The number of oxime groups is 1. The molecule has 1 aliphatic carbocycles. The van der Waals surface area contributed by atoms with Gasteiger partial charge in [-0.2, -0.15) is 0 Å². The van der Waals surface area contributed by atoms with Crippen molar-refractivity contribution in [2.75, 3.05) is 13.1 Å². The fourth-order valence-electron chi connectivity index (χ4n) is 3.65. The maximum atomic E-state index is 8.93. The van der Waals surface area contributed by atoms with Crippen molar-refractivity contribution in [2.45, 2.75) is 58.4 Å². The SMILES string of the molecule is CCC1CCCCC1N1CCC(=NO)C(C)C1. The van der Waals surface area contributed by atoms with Gasteiger partial charge in [0.2, 0.25) is 0 Å². The third kappa shape index (κ3) is 2.82. The largest absolute Gasteiger partial charge is 0.411 e. The van der Waals surface area contributed by atoms with Crippen molar-refractivity contribution in [1.82, 2.24) is 4.90 Å². The fourth-order valence-corrected chi connectivity index (χ4v) is 3.65. The van der Waals surface area contributed by atoms with Crippen LogP contribution in [-0.2, 0) is 0 Å². The summed E-state index contributed by atoms with van der Waals surface area (Å²) in [6.07, 6.45) is 7.86. The monoisotopic (exact) mass is 238 g/mol. The molecular weight excluding hydrogens is 212 g/mol. The van der Waals surface area contributed by atoms with Gasteiger partial charge >= 0.3 is 0 Å². The minimum absolute atomic E-state index is 0.424. The molecule has 1 N–H and O–H groups in total. The standard InChI is InChI=1S/C14H26N2O/c1-3-12-6-4-5-7-14(12)16-9-8-13(15-17)11(2)10-16/h11-12,14,17H,3-10H2,1-2H3. The number of nitrogens with zero attached hydrogens (tertiary/aromatic N) is 2. The Morgan fingerprint density at radius 1 is 1.35 bits per heavy atom. The third-order valence-electron chi connectivity index (χ3n) is 4.72. The Hall–Kier alpha value is -0.570. The van der Waals surface area contributed by atoms with Gasteiger partial charge in [-0.05, 0) is 18.8 Å². The second-order valence-corrected chi connectivity index (χ2v) is 5.76. The van der Waals surface area contributed by atoms with Crippen LogP contribution in [0, 0.1) is 11.8 Å². The summed E-state index contributed by atoms with van der Waals surface area (Å²) < 4.78 is 0. The normalized spacial score (nSPS) is 38.5. The molecule has 3 atom stereocenters. The second-order valence-electron chi connectivity index (χ2n) is 5.76. The smallest absolute Gasteiger partial charge is 0.0624 e. The van der Waals surface area contributed by atoms with Crippen LogP contribution in [0.4, 0.5) is 0 Å². The molecule has 0 aromatic heterocycles. The van der Waals surface area contributed by atoms with E-state index in [9.17, 15) is 0 Å². The molecular formula is C14H26N2O. The van der Waals surface area contributed by atoms with Crippen LogP contribution in [0.15, 0.2) is 5.16 Å². The highest BCUT2D eigenvalue weighted by molar-refractivity contribution is 5.87. The van der Waals surface area contributed by atoms with Crippen LogP contribution in [0.5, 0.6) is 0 Å². The molecule has 2 aliphatic rings. The fraction of sp³-hybridized carbons (Fsp3) is 0.929. The van der Waals surface area contributed by atoms with Crippen LogP contribution in [0.25, 0.3) is 0 Å². The van der Waals surface area contributed by atoms with Crippen molar-refractivity contribution in [3.8, 4) is 0 Å². The average molecular weight is 238 g/mol. The van der Waals surface area contributed by atoms with Crippen LogP contribution < -0.4 is 0 Å². The zero-order valence-corrected chi connectivity index (χ0v) is 11.2. The Balaban J connectivity index is 1.98. The van der Waals surface area contributed by atoms with Gasteiger partial charge in [0.05, 0.1) is 5.71 Å². The Labute approximate surface area is 105 Å². The predicted octanol–water partition coefficient (Wildman–Crippen LogP) is 3.13. The van der Waals surface area contributed by atoms with Gasteiger partial charge in [0, 0.05) is 31.5 Å². The summed E-state index contributed by atoms with van der Waals surface area (Å²) in [4.78, 5) is 2.66. The van der Waals surface area contributed by atoms with E-state index in [0.717, 1.165) is 37.2 Å². The first-order valence-corrected chi connectivity index (χ1v) is 7.21. The van der Waals surface area contributed by atoms with Gasteiger partial charge in [0.25, 0.3) is 0 Å². The van der Waals surface area contributed by atoms with Crippen LogP contribution in [-0.4, -0.2) is 35.0 Å². The second kappa shape index (κ2) is 5.85. The molecule has 0 bridgehead atoms. The lowest BCUT2D eigenvalue weighted by molar-refractivity contribution is 0.0881. The van der Waals surface area contributed by atoms with Crippen molar-refractivity contribution >= 4 is 5.71 Å². The zero-order valence-electron chi connectivity index (χ0n) is 11.2. The van der Waals surface area contributed by atoms with Gasteiger partial charge in [0.15, 0.2) is 0 Å². The molecule has 1 heterocycles.